The maximum absolute atomic E-state index is 11.8. The second-order valence-electron chi connectivity index (χ2n) is 11.1. The smallest absolute Gasteiger partial charge is 0.305 e. The highest BCUT2D eigenvalue weighted by Crippen LogP contribution is 2.44. The van der Waals surface area contributed by atoms with Gasteiger partial charge in [0.1, 0.15) is 18.3 Å². The Morgan fingerprint density at radius 1 is 1.07 bits per heavy atom. The van der Waals surface area contributed by atoms with Gasteiger partial charge in [-0.3, -0.25) is 9.69 Å². The van der Waals surface area contributed by atoms with Gasteiger partial charge in [-0.25, -0.2) is 4.98 Å². The van der Waals surface area contributed by atoms with Gasteiger partial charge in [0, 0.05) is 29.7 Å². The third-order valence-corrected chi connectivity index (χ3v) is 8.69. The maximum Gasteiger partial charge on any atom is 0.305 e. The number of aromatic nitrogens is 5. The van der Waals surface area contributed by atoms with E-state index in [0.717, 1.165) is 66.9 Å². The number of carbonyl (C=O) groups is 1. The maximum atomic E-state index is 11.8. The van der Waals surface area contributed by atoms with Crippen molar-refractivity contribution in [1.82, 2.24) is 29.2 Å². The van der Waals surface area contributed by atoms with E-state index in [2.05, 4.69) is 48.3 Å². The molecule has 4 aromatic rings. The van der Waals surface area contributed by atoms with Crippen molar-refractivity contribution in [3.8, 4) is 11.5 Å². The summed E-state index contributed by atoms with van der Waals surface area (Å²) < 4.78 is 21.8. The van der Waals surface area contributed by atoms with Crippen molar-refractivity contribution in [3.63, 3.8) is 0 Å². The number of likely N-dealkylation sites (tertiary alicyclic amines) is 1. The number of piperidine rings is 1. The van der Waals surface area contributed by atoms with Crippen LogP contribution in [0.4, 0.5) is 0 Å². The average molecular weight is 605 g/mol. The molecule has 43 heavy (non-hydrogen) atoms. The minimum atomic E-state index is -0.255. The number of esters is 1. The van der Waals surface area contributed by atoms with E-state index in [1.165, 1.54) is 12.7 Å². The lowest BCUT2D eigenvalue weighted by Crippen LogP contribution is -2.34. The largest absolute Gasteiger partial charge is 0.485 e. The fraction of sp³-hybridized carbons (Fsp3) is 0.438. The average Bonchev–Trinajstić information content (AvgIpc) is 3.66. The van der Waals surface area contributed by atoms with Crippen LogP contribution in [-0.4, -0.2) is 62.0 Å². The monoisotopic (exact) mass is 604 g/mol. The molecule has 1 fully saturated rings. The number of methoxy groups -OCH3 is 1. The highest BCUT2D eigenvalue weighted by atomic mass is 35.5. The summed E-state index contributed by atoms with van der Waals surface area (Å²) >= 11 is 6.07. The number of para-hydroxylation sites is 1. The van der Waals surface area contributed by atoms with Crippen molar-refractivity contribution < 1.29 is 19.0 Å². The Balaban J connectivity index is 1.12. The van der Waals surface area contributed by atoms with Gasteiger partial charge in [0.2, 0.25) is 0 Å². The Morgan fingerprint density at radius 3 is 2.63 bits per heavy atom. The molecule has 10 nitrogen and oxygen atoms in total. The number of hydrogen-bond donors (Lipinski definition) is 0. The van der Waals surface area contributed by atoms with Gasteiger partial charge in [-0.1, -0.05) is 35.9 Å². The first-order valence-corrected chi connectivity index (χ1v) is 15.3. The molecule has 0 amide bonds. The fourth-order valence-electron chi connectivity index (χ4n) is 5.99. The first-order chi connectivity index (χ1) is 21.0. The number of benzene rings is 2. The molecule has 2 aromatic heterocycles. The standard InChI is InChI=1S/C32H37ClN6O4/c1-3-38-21-34-17-25(38)18-39-29(11-12-31(40)41-2)35-36-30(39)19-37-15-13-22(14-16-37)26-5-4-6-27-32(26)42-20-28(43-27)23-7-9-24(33)10-8-23/h4-10,17,21-22,28H,3,11-16,18-20H2,1-2H3/t28-/m0/s1. The molecular weight excluding hydrogens is 568 g/mol. The Morgan fingerprint density at radius 2 is 1.86 bits per heavy atom. The molecule has 0 bridgehead atoms. The zero-order valence-corrected chi connectivity index (χ0v) is 25.4. The second-order valence-corrected chi connectivity index (χ2v) is 11.5. The summed E-state index contributed by atoms with van der Waals surface area (Å²) in [6, 6.07) is 14.0. The predicted molar refractivity (Wildman–Crippen MR) is 161 cm³/mol. The Kier molecular flexibility index (Phi) is 8.95. The number of halogens is 1. The van der Waals surface area contributed by atoms with Crippen LogP contribution in [0.2, 0.25) is 5.02 Å². The fourth-order valence-corrected chi connectivity index (χ4v) is 6.12. The van der Waals surface area contributed by atoms with Crippen molar-refractivity contribution in [2.45, 2.75) is 64.3 Å². The van der Waals surface area contributed by atoms with E-state index >= 15 is 0 Å². The third kappa shape index (κ3) is 6.55. The molecule has 0 radical (unpaired) electrons. The molecule has 2 aliphatic heterocycles. The zero-order chi connectivity index (χ0) is 29.8. The highest BCUT2D eigenvalue weighted by molar-refractivity contribution is 6.30. The normalized spacial score (nSPS) is 17.2. The molecule has 6 rings (SSSR count). The lowest BCUT2D eigenvalue weighted by Gasteiger charge is -2.34. The summed E-state index contributed by atoms with van der Waals surface area (Å²) in [6.07, 6.45) is 6.31. The lowest BCUT2D eigenvalue weighted by molar-refractivity contribution is -0.140. The van der Waals surface area contributed by atoms with Crippen molar-refractivity contribution >= 4 is 17.6 Å². The topological polar surface area (TPSA) is 96.5 Å². The Bertz CT molecular complexity index is 1540. The molecule has 0 saturated carbocycles. The minimum absolute atomic E-state index is 0.160. The lowest BCUT2D eigenvalue weighted by atomic mass is 9.88. The molecular formula is C32H37ClN6O4. The van der Waals surface area contributed by atoms with Gasteiger partial charge in [0.15, 0.2) is 17.6 Å². The van der Waals surface area contributed by atoms with Gasteiger partial charge in [0.05, 0.1) is 38.6 Å². The van der Waals surface area contributed by atoms with Gasteiger partial charge in [-0.05, 0) is 62.5 Å². The molecule has 0 unspecified atom stereocenters. The molecule has 1 atom stereocenters. The van der Waals surface area contributed by atoms with E-state index in [1.54, 1.807) is 0 Å². The molecule has 11 heteroatoms. The van der Waals surface area contributed by atoms with E-state index in [1.807, 2.05) is 42.9 Å². The summed E-state index contributed by atoms with van der Waals surface area (Å²) in [5.41, 5.74) is 3.35. The van der Waals surface area contributed by atoms with Gasteiger partial charge in [0.25, 0.3) is 0 Å². The molecule has 1 saturated heterocycles. The van der Waals surface area contributed by atoms with Gasteiger partial charge in [-0.15, -0.1) is 10.2 Å². The molecule has 0 N–H and O–H groups in total. The van der Waals surface area contributed by atoms with Gasteiger partial charge in [-0.2, -0.15) is 0 Å². The zero-order valence-electron chi connectivity index (χ0n) is 24.6. The van der Waals surface area contributed by atoms with Crippen LogP contribution in [0.15, 0.2) is 55.0 Å². The summed E-state index contributed by atoms with van der Waals surface area (Å²) in [5.74, 6) is 3.47. The van der Waals surface area contributed by atoms with Crippen molar-refractivity contribution in [1.29, 1.82) is 0 Å². The number of rotatable bonds is 10. The van der Waals surface area contributed by atoms with Crippen LogP contribution in [0.5, 0.6) is 11.5 Å². The first kappa shape index (κ1) is 29.2. The molecule has 226 valence electrons. The van der Waals surface area contributed by atoms with E-state index in [9.17, 15) is 4.79 Å². The number of imidazole rings is 1. The Hall–Kier alpha value is -3.89. The summed E-state index contributed by atoms with van der Waals surface area (Å²) in [6.45, 7) is 6.55. The van der Waals surface area contributed by atoms with Crippen LogP contribution in [0.1, 0.15) is 66.7 Å². The number of ether oxygens (including phenoxy) is 3. The highest BCUT2D eigenvalue weighted by Gasteiger charge is 2.30. The van der Waals surface area contributed by atoms with Crippen molar-refractivity contribution in [2.24, 2.45) is 0 Å². The summed E-state index contributed by atoms with van der Waals surface area (Å²) in [7, 11) is 1.41. The van der Waals surface area contributed by atoms with Crippen LogP contribution in [-0.2, 0) is 35.6 Å². The first-order valence-electron chi connectivity index (χ1n) is 14.9. The molecule has 0 aliphatic carbocycles. The molecule has 4 heterocycles. The molecule has 0 spiro atoms. The summed E-state index contributed by atoms with van der Waals surface area (Å²) in [4.78, 5) is 18.6. The van der Waals surface area contributed by atoms with E-state index in [-0.39, 0.29) is 18.5 Å². The number of fused-ring (bicyclic) bond motifs is 1. The van der Waals surface area contributed by atoms with Crippen LogP contribution in [0, 0.1) is 0 Å². The van der Waals surface area contributed by atoms with E-state index in [0.29, 0.717) is 37.1 Å². The predicted octanol–water partition coefficient (Wildman–Crippen LogP) is 5.19. The van der Waals surface area contributed by atoms with Gasteiger partial charge >= 0.3 is 5.97 Å². The van der Waals surface area contributed by atoms with E-state index < -0.39 is 0 Å². The van der Waals surface area contributed by atoms with Crippen LogP contribution < -0.4 is 9.47 Å². The van der Waals surface area contributed by atoms with Crippen LogP contribution >= 0.6 is 11.6 Å². The van der Waals surface area contributed by atoms with Crippen molar-refractivity contribution in [2.75, 3.05) is 26.8 Å². The quantitative estimate of drug-likeness (QED) is 0.228. The number of carbonyl (C=O) groups excluding carboxylic acids is 1. The Labute approximate surface area is 256 Å². The number of hydrogen-bond acceptors (Lipinski definition) is 8. The van der Waals surface area contributed by atoms with E-state index in [4.69, 9.17) is 25.8 Å². The summed E-state index contributed by atoms with van der Waals surface area (Å²) in [5, 5.41) is 9.75. The molecule has 2 aromatic carbocycles. The van der Waals surface area contributed by atoms with Gasteiger partial charge < -0.3 is 23.3 Å². The van der Waals surface area contributed by atoms with Crippen LogP contribution in [0.25, 0.3) is 0 Å². The van der Waals surface area contributed by atoms with Crippen LogP contribution in [0.3, 0.4) is 0 Å². The molecule has 2 aliphatic rings. The SMILES string of the molecule is CCn1cncc1Cn1c(CCC(=O)OC)nnc1CN1CCC(c2cccc3c2OC[C@@H](c2ccc(Cl)cc2)O3)CC1. The number of nitrogens with zero attached hydrogens (tertiary/aromatic N) is 6. The third-order valence-electron chi connectivity index (χ3n) is 8.44. The second kappa shape index (κ2) is 13.2. The van der Waals surface area contributed by atoms with Crippen molar-refractivity contribution in [3.05, 3.63) is 88.5 Å². The minimum Gasteiger partial charge on any atom is -0.485 e. The number of aryl methyl sites for hydroxylation is 2.